The van der Waals surface area contributed by atoms with Crippen LogP contribution in [0.1, 0.15) is 43.7 Å². The van der Waals surface area contributed by atoms with Gasteiger partial charge in [-0.2, -0.15) is 0 Å². The number of ether oxygens (including phenoxy) is 3. The van der Waals surface area contributed by atoms with E-state index in [1.165, 1.54) is 11.1 Å². The molecular weight excluding hydrogens is 372 g/mol. The SMILES string of the molecule is CCCCNC(=S)O[C@H]1C=C[C@@]23CCN(C)Cc4ccc(OC)c(c42)O[C@H]3C1. The number of unbranched alkanes of at least 4 members (excludes halogenated alkanes) is 1. The van der Waals surface area contributed by atoms with Crippen molar-refractivity contribution in [1.29, 1.82) is 0 Å². The molecule has 152 valence electrons. The van der Waals surface area contributed by atoms with Gasteiger partial charge in [-0.1, -0.05) is 25.5 Å². The van der Waals surface area contributed by atoms with E-state index in [2.05, 4.69) is 42.4 Å². The lowest BCUT2D eigenvalue weighted by molar-refractivity contribution is 0.0867. The van der Waals surface area contributed by atoms with Crippen molar-refractivity contribution in [2.75, 3.05) is 27.2 Å². The molecule has 6 heteroatoms. The second-order valence-corrected chi connectivity index (χ2v) is 8.46. The van der Waals surface area contributed by atoms with Crippen LogP contribution in [0.3, 0.4) is 0 Å². The van der Waals surface area contributed by atoms with Crippen molar-refractivity contribution in [1.82, 2.24) is 10.2 Å². The fourth-order valence-corrected chi connectivity index (χ4v) is 4.92. The number of hydrogen-bond acceptors (Lipinski definition) is 5. The Balaban J connectivity index is 1.60. The Morgan fingerprint density at radius 1 is 1.43 bits per heavy atom. The van der Waals surface area contributed by atoms with E-state index in [9.17, 15) is 0 Å². The highest BCUT2D eigenvalue weighted by atomic mass is 32.1. The lowest BCUT2D eigenvalue weighted by Crippen LogP contribution is -2.44. The fourth-order valence-electron chi connectivity index (χ4n) is 4.70. The van der Waals surface area contributed by atoms with E-state index in [1.807, 2.05) is 6.07 Å². The minimum Gasteiger partial charge on any atom is -0.493 e. The number of benzene rings is 1. The van der Waals surface area contributed by atoms with E-state index in [-0.39, 0.29) is 17.6 Å². The standard InChI is InChI=1S/C22H30N2O3S/c1-4-5-11-23-21(28)26-16-8-9-22-10-12-24(2)14-15-6-7-17(25-3)20(19(15)22)27-18(22)13-16/h6-9,16,18H,4-5,10-14H2,1-3H3,(H,23,28)/t16-,18-,22-/m0/s1. The number of thiocarbonyl (C=S) groups is 1. The van der Waals surface area contributed by atoms with E-state index in [1.54, 1.807) is 7.11 Å². The van der Waals surface area contributed by atoms with Crippen LogP contribution in [0.15, 0.2) is 24.3 Å². The van der Waals surface area contributed by atoms with Crippen molar-refractivity contribution in [2.24, 2.45) is 0 Å². The summed E-state index contributed by atoms with van der Waals surface area (Å²) in [6.45, 7) is 4.98. The predicted molar refractivity (Wildman–Crippen MR) is 114 cm³/mol. The van der Waals surface area contributed by atoms with Crippen LogP contribution in [-0.4, -0.2) is 49.5 Å². The van der Waals surface area contributed by atoms with Gasteiger partial charge in [0.15, 0.2) is 11.5 Å². The normalized spacial score (nSPS) is 28.0. The van der Waals surface area contributed by atoms with Gasteiger partial charge in [0, 0.05) is 25.1 Å². The van der Waals surface area contributed by atoms with Gasteiger partial charge in [-0.15, -0.1) is 0 Å². The van der Waals surface area contributed by atoms with Gasteiger partial charge in [0.1, 0.15) is 12.2 Å². The summed E-state index contributed by atoms with van der Waals surface area (Å²) in [4.78, 5) is 2.38. The molecule has 2 aliphatic heterocycles. The highest BCUT2D eigenvalue weighted by Crippen LogP contribution is 2.55. The molecule has 3 aliphatic rings. The first-order valence-electron chi connectivity index (χ1n) is 10.3. The zero-order chi connectivity index (χ0) is 19.7. The van der Waals surface area contributed by atoms with Crippen LogP contribution in [-0.2, 0) is 16.7 Å². The highest BCUT2D eigenvalue weighted by molar-refractivity contribution is 7.80. The molecule has 2 heterocycles. The number of nitrogens with one attached hydrogen (secondary N) is 1. The van der Waals surface area contributed by atoms with Crippen LogP contribution in [0.5, 0.6) is 11.5 Å². The second kappa shape index (κ2) is 7.91. The summed E-state index contributed by atoms with van der Waals surface area (Å²) in [5.74, 6) is 1.73. The Morgan fingerprint density at radius 3 is 3.07 bits per heavy atom. The minimum atomic E-state index is -0.110. The van der Waals surface area contributed by atoms with Crippen molar-refractivity contribution < 1.29 is 14.2 Å². The van der Waals surface area contributed by atoms with Gasteiger partial charge in [-0.3, -0.25) is 0 Å². The van der Waals surface area contributed by atoms with Crippen molar-refractivity contribution in [2.45, 2.75) is 56.8 Å². The number of hydrogen-bond donors (Lipinski definition) is 1. The van der Waals surface area contributed by atoms with Gasteiger partial charge in [0.2, 0.25) is 0 Å². The van der Waals surface area contributed by atoms with Crippen molar-refractivity contribution in [3.05, 3.63) is 35.4 Å². The van der Waals surface area contributed by atoms with E-state index in [4.69, 9.17) is 26.4 Å². The van der Waals surface area contributed by atoms with Gasteiger partial charge >= 0.3 is 0 Å². The lowest BCUT2D eigenvalue weighted by atomic mass is 9.69. The maximum Gasteiger partial charge on any atom is 0.257 e. The Labute approximate surface area is 173 Å². The van der Waals surface area contributed by atoms with Gasteiger partial charge < -0.3 is 24.4 Å². The molecular formula is C22H30N2O3S. The average Bonchev–Trinajstić information content (AvgIpc) is 2.94. The first-order valence-corrected chi connectivity index (χ1v) is 10.7. The van der Waals surface area contributed by atoms with Gasteiger partial charge in [0.05, 0.1) is 12.5 Å². The summed E-state index contributed by atoms with van der Waals surface area (Å²) in [5, 5.41) is 3.67. The van der Waals surface area contributed by atoms with Crippen molar-refractivity contribution in [3.63, 3.8) is 0 Å². The maximum absolute atomic E-state index is 6.51. The Morgan fingerprint density at radius 2 is 2.29 bits per heavy atom. The van der Waals surface area contributed by atoms with Crippen molar-refractivity contribution in [3.8, 4) is 11.5 Å². The predicted octanol–water partition coefficient (Wildman–Crippen LogP) is 3.55. The number of rotatable bonds is 5. The smallest absolute Gasteiger partial charge is 0.257 e. The fraction of sp³-hybridized carbons (Fsp3) is 0.591. The molecule has 0 saturated heterocycles. The molecule has 1 aromatic rings. The summed E-state index contributed by atoms with van der Waals surface area (Å²) in [6, 6.07) is 4.22. The third-order valence-electron chi connectivity index (χ3n) is 6.19. The molecule has 4 rings (SSSR count). The van der Waals surface area contributed by atoms with Crippen LogP contribution in [0, 0.1) is 0 Å². The van der Waals surface area contributed by atoms with E-state index in [0.717, 1.165) is 56.8 Å². The summed E-state index contributed by atoms with van der Waals surface area (Å²) < 4.78 is 18.1. The molecule has 0 unspecified atom stereocenters. The third-order valence-corrected chi connectivity index (χ3v) is 6.43. The Kier molecular flexibility index (Phi) is 5.52. The number of methoxy groups -OCH3 is 1. The third kappa shape index (κ3) is 3.37. The van der Waals surface area contributed by atoms with Crippen LogP contribution in [0.2, 0.25) is 0 Å². The molecule has 0 amide bonds. The second-order valence-electron chi connectivity index (χ2n) is 8.08. The molecule has 3 atom stereocenters. The zero-order valence-corrected chi connectivity index (χ0v) is 17.8. The molecule has 0 aromatic heterocycles. The highest BCUT2D eigenvalue weighted by Gasteiger charge is 2.53. The molecule has 0 saturated carbocycles. The van der Waals surface area contributed by atoms with Crippen molar-refractivity contribution >= 4 is 17.4 Å². The van der Waals surface area contributed by atoms with E-state index < -0.39 is 0 Å². The first kappa shape index (κ1) is 19.5. The summed E-state index contributed by atoms with van der Waals surface area (Å²) in [7, 11) is 3.89. The molecule has 0 bridgehead atoms. The zero-order valence-electron chi connectivity index (χ0n) is 17.0. The topological polar surface area (TPSA) is 43.0 Å². The molecule has 0 radical (unpaired) electrons. The largest absolute Gasteiger partial charge is 0.493 e. The minimum absolute atomic E-state index is 0.0393. The Hall–Kier alpha value is -1.79. The first-order chi connectivity index (χ1) is 13.6. The summed E-state index contributed by atoms with van der Waals surface area (Å²) in [6.07, 6.45) is 8.50. The molecule has 1 spiro atoms. The van der Waals surface area contributed by atoms with Gasteiger partial charge in [0.25, 0.3) is 5.17 Å². The quantitative estimate of drug-likeness (QED) is 0.462. The monoisotopic (exact) mass is 402 g/mol. The van der Waals surface area contributed by atoms with Gasteiger partial charge in [-0.05, 0) is 56.4 Å². The molecule has 1 aromatic carbocycles. The summed E-state index contributed by atoms with van der Waals surface area (Å²) >= 11 is 5.37. The van der Waals surface area contributed by atoms with Crippen LogP contribution in [0.25, 0.3) is 0 Å². The average molecular weight is 403 g/mol. The molecule has 28 heavy (non-hydrogen) atoms. The molecule has 5 nitrogen and oxygen atoms in total. The van der Waals surface area contributed by atoms with E-state index >= 15 is 0 Å². The maximum atomic E-state index is 6.51. The van der Waals surface area contributed by atoms with Crippen LogP contribution in [0.4, 0.5) is 0 Å². The Bertz CT molecular complexity index is 781. The summed E-state index contributed by atoms with van der Waals surface area (Å²) in [5.41, 5.74) is 2.53. The van der Waals surface area contributed by atoms with Crippen LogP contribution >= 0.6 is 12.2 Å². The van der Waals surface area contributed by atoms with Crippen LogP contribution < -0.4 is 14.8 Å². The molecule has 0 fully saturated rings. The molecule has 1 N–H and O–H groups in total. The van der Waals surface area contributed by atoms with Gasteiger partial charge in [-0.25, -0.2) is 0 Å². The lowest BCUT2D eigenvalue weighted by Gasteiger charge is -2.37. The molecule has 1 aliphatic carbocycles. The van der Waals surface area contributed by atoms with E-state index in [0.29, 0.717) is 5.17 Å². The number of nitrogens with zero attached hydrogens (tertiary/aromatic N) is 1.